The molecule has 0 bridgehead atoms. The largest absolute Gasteiger partial charge is 0.495 e. The normalized spacial score (nSPS) is 11.5. The number of anilines is 1. The molecule has 1 aromatic carbocycles. The van der Waals surface area contributed by atoms with Gasteiger partial charge in [0.2, 0.25) is 15.9 Å². The zero-order chi connectivity index (χ0) is 19.4. The Balaban J connectivity index is 1.71. The van der Waals surface area contributed by atoms with Gasteiger partial charge in [-0.05, 0) is 30.3 Å². The van der Waals surface area contributed by atoms with Gasteiger partial charge in [0, 0.05) is 32.3 Å². The van der Waals surface area contributed by atoms with E-state index in [0.29, 0.717) is 17.9 Å². The number of aromatic nitrogens is 2. The minimum Gasteiger partial charge on any atom is -0.495 e. The highest BCUT2D eigenvalue weighted by molar-refractivity contribution is 7.89. The number of amides is 1. The number of sulfonamides is 1. The number of rotatable bonds is 7. The summed E-state index contributed by atoms with van der Waals surface area (Å²) in [4.78, 5) is 15.8. The van der Waals surface area contributed by atoms with Crippen LogP contribution in [0.5, 0.6) is 5.75 Å². The summed E-state index contributed by atoms with van der Waals surface area (Å²) >= 11 is 0. The second-order valence-electron chi connectivity index (χ2n) is 5.89. The van der Waals surface area contributed by atoms with Gasteiger partial charge in [-0.15, -0.1) is 0 Å². The molecule has 3 rings (SSSR count). The Morgan fingerprint density at radius 1 is 1.26 bits per heavy atom. The summed E-state index contributed by atoms with van der Waals surface area (Å²) in [6.45, 7) is 1.54. The van der Waals surface area contributed by atoms with Crippen LogP contribution in [0, 0.1) is 0 Å². The standard InChI is InChI=1S/C18H20N4O4S/c1-13(23)20-16-11-15(6-7-17(16)26-2)27(24,25)19-9-8-14-12-22-10-4-3-5-18(22)21-14/h3-7,10-12,19H,8-9H2,1-2H3,(H,20,23). The van der Waals surface area contributed by atoms with E-state index in [1.165, 1.54) is 32.2 Å². The van der Waals surface area contributed by atoms with E-state index >= 15 is 0 Å². The van der Waals surface area contributed by atoms with Crippen LogP contribution in [0.1, 0.15) is 12.6 Å². The summed E-state index contributed by atoms with van der Waals surface area (Å²) in [5, 5.41) is 2.56. The van der Waals surface area contributed by atoms with Crippen molar-refractivity contribution >= 4 is 27.3 Å². The number of methoxy groups -OCH3 is 1. The number of pyridine rings is 1. The number of hydrogen-bond acceptors (Lipinski definition) is 5. The average Bonchev–Trinajstić information content (AvgIpc) is 3.03. The van der Waals surface area contributed by atoms with E-state index in [1.807, 2.05) is 35.0 Å². The van der Waals surface area contributed by atoms with Gasteiger partial charge in [-0.25, -0.2) is 18.1 Å². The second-order valence-corrected chi connectivity index (χ2v) is 7.66. The Hall–Kier alpha value is -2.91. The molecule has 142 valence electrons. The molecule has 2 N–H and O–H groups in total. The van der Waals surface area contributed by atoms with Gasteiger partial charge in [0.05, 0.1) is 23.4 Å². The van der Waals surface area contributed by atoms with Crippen LogP contribution < -0.4 is 14.8 Å². The van der Waals surface area contributed by atoms with Gasteiger partial charge in [-0.3, -0.25) is 4.79 Å². The van der Waals surface area contributed by atoms with Crippen molar-refractivity contribution in [2.45, 2.75) is 18.2 Å². The maximum atomic E-state index is 12.5. The Labute approximate surface area is 157 Å². The van der Waals surface area contributed by atoms with Gasteiger partial charge < -0.3 is 14.5 Å². The molecule has 0 aliphatic carbocycles. The quantitative estimate of drug-likeness (QED) is 0.643. The summed E-state index contributed by atoms with van der Waals surface area (Å²) < 4.78 is 34.7. The summed E-state index contributed by atoms with van der Waals surface area (Å²) in [6, 6.07) is 9.98. The highest BCUT2D eigenvalue weighted by atomic mass is 32.2. The number of benzene rings is 1. The van der Waals surface area contributed by atoms with Gasteiger partial charge in [0.15, 0.2) is 0 Å². The predicted molar refractivity (Wildman–Crippen MR) is 101 cm³/mol. The van der Waals surface area contributed by atoms with Crippen molar-refractivity contribution in [2.24, 2.45) is 0 Å². The number of fused-ring (bicyclic) bond motifs is 1. The van der Waals surface area contributed by atoms with E-state index in [0.717, 1.165) is 11.3 Å². The third-order valence-electron chi connectivity index (χ3n) is 3.88. The lowest BCUT2D eigenvalue weighted by atomic mass is 10.3. The molecule has 0 fully saturated rings. The van der Waals surface area contributed by atoms with Gasteiger partial charge in [-0.2, -0.15) is 0 Å². The van der Waals surface area contributed by atoms with E-state index in [1.54, 1.807) is 0 Å². The van der Waals surface area contributed by atoms with Crippen molar-refractivity contribution < 1.29 is 17.9 Å². The number of ether oxygens (including phenoxy) is 1. The molecule has 1 amide bonds. The maximum Gasteiger partial charge on any atom is 0.240 e. The lowest BCUT2D eigenvalue weighted by molar-refractivity contribution is -0.114. The van der Waals surface area contributed by atoms with Gasteiger partial charge in [0.1, 0.15) is 11.4 Å². The van der Waals surface area contributed by atoms with E-state index in [-0.39, 0.29) is 17.3 Å². The summed E-state index contributed by atoms with van der Waals surface area (Å²) in [6.07, 6.45) is 4.21. The first-order chi connectivity index (χ1) is 12.9. The number of carbonyl (C=O) groups is 1. The van der Waals surface area contributed by atoms with E-state index in [4.69, 9.17) is 4.74 Å². The molecule has 2 heterocycles. The first kappa shape index (κ1) is 18.9. The molecule has 0 unspecified atom stereocenters. The van der Waals surface area contributed by atoms with Crippen LogP contribution >= 0.6 is 0 Å². The summed E-state index contributed by atoms with van der Waals surface area (Å²) in [5.41, 5.74) is 1.90. The molecule has 0 saturated carbocycles. The van der Waals surface area contributed by atoms with E-state index in [9.17, 15) is 13.2 Å². The predicted octanol–water partition coefficient (Wildman–Crippen LogP) is 1.82. The molecule has 3 aromatic rings. The summed E-state index contributed by atoms with van der Waals surface area (Å²) in [5.74, 6) is 0.0662. The minimum atomic E-state index is -3.74. The smallest absolute Gasteiger partial charge is 0.240 e. The van der Waals surface area contributed by atoms with Crippen molar-refractivity contribution in [3.8, 4) is 5.75 Å². The van der Waals surface area contributed by atoms with Crippen LogP contribution in [0.3, 0.4) is 0 Å². The number of nitrogens with one attached hydrogen (secondary N) is 2. The van der Waals surface area contributed by atoms with Gasteiger partial charge in [0.25, 0.3) is 0 Å². The molecular weight excluding hydrogens is 368 g/mol. The van der Waals surface area contributed by atoms with Crippen molar-refractivity contribution in [3.63, 3.8) is 0 Å². The Morgan fingerprint density at radius 3 is 2.78 bits per heavy atom. The molecule has 0 aliphatic heterocycles. The first-order valence-corrected chi connectivity index (χ1v) is 9.75. The molecule has 8 nitrogen and oxygen atoms in total. The minimum absolute atomic E-state index is 0.0436. The molecule has 0 saturated heterocycles. The monoisotopic (exact) mass is 388 g/mol. The molecule has 9 heteroatoms. The van der Waals surface area contributed by atoms with Crippen LogP contribution in [0.15, 0.2) is 53.7 Å². The maximum absolute atomic E-state index is 12.5. The Bertz CT molecular complexity index is 1040. The molecule has 0 aliphatic rings. The number of hydrogen-bond donors (Lipinski definition) is 2. The highest BCUT2D eigenvalue weighted by Gasteiger charge is 2.17. The van der Waals surface area contributed by atoms with E-state index in [2.05, 4.69) is 15.0 Å². The van der Waals surface area contributed by atoms with Crippen molar-refractivity contribution in [1.29, 1.82) is 0 Å². The molecular formula is C18H20N4O4S. The fraction of sp³-hybridized carbons (Fsp3) is 0.222. The molecule has 27 heavy (non-hydrogen) atoms. The lowest BCUT2D eigenvalue weighted by Gasteiger charge is -2.12. The van der Waals surface area contributed by atoms with Crippen molar-refractivity contribution in [3.05, 3.63) is 54.5 Å². The molecule has 0 radical (unpaired) electrons. The van der Waals surface area contributed by atoms with Crippen LogP contribution in [0.2, 0.25) is 0 Å². The van der Waals surface area contributed by atoms with Crippen LogP contribution in [0.4, 0.5) is 5.69 Å². The Morgan fingerprint density at radius 2 is 2.07 bits per heavy atom. The number of imidazole rings is 1. The van der Waals surface area contributed by atoms with Gasteiger partial charge >= 0.3 is 0 Å². The van der Waals surface area contributed by atoms with E-state index < -0.39 is 10.0 Å². The third-order valence-corrected chi connectivity index (χ3v) is 5.34. The fourth-order valence-corrected chi connectivity index (χ4v) is 3.70. The zero-order valence-corrected chi connectivity index (χ0v) is 15.8. The molecule has 2 aromatic heterocycles. The zero-order valence-electron chi connectivity index (χ0n) is 15.0. The molecule has 0 atom stereocenters. The van der Waals surface area contributed by atoms with Crippen LogP contribution in [-0.2, 0) is 21.2 Å². The van der Waals surface area contributed by atoms with Crippen LogP contribution in [0.25, 0.3) is 5.65 Å². The average molecular weight is 388 g/mol. The fourth-order valence-electron chi connectivity index (χ4n) is 2.65. The lowest BCUT2D eigenvalue weighted by Crippen LogP contribution is -2.26. The van der Waals surface area contributed by atoms with Crippen molar-refractivity contribution in [2.75, 3.05) is 19.0 Å². The molecule has 0 spiro atoms. The summed E-state index contributed by atoms with van der Waals surface area (Å²) in [7, 11) is -2.29. The topological polar surface area (TPSA) is 102 Å². The SMILES string of the molecule is COc1ccc(S(=O)(=O)NCCc2cn3ccccc3n2)cc1NC(C)=O. The second kappa shape index (κ2) is 7.77. The van der Waals surface area contributed by atoms with Crippen molar-refractivity contribution in [1.82, 2.24) is 14.1 Å². The third kappa shape index (κ3) is 4.44. The number of nitrogens with zero attached hydrogens (tertiary/aromatic N) is 2. The van der Waals surface area contributed by atoms with Gasteiger partial charge in [-0.1, -0.05) is 6.07 Å². The van der Waals surface area contributed by atoms with Crippen LogP contribution in [-0.4, -0.2) is 37.4 Å². The Kier molecular flexibility index (Phi) is 5.43. The highest BCUT2D eigenvalue weighted by Crippen LogP contribution is 2.27. The first-order valence-electron chi connectivity index (χ1n) is 8.27. The number of carbonyl (C=O) groups excluding carboxylic acids is 1.